The molecule has 1 N–H and O–H groups in total. The quantitative estimate of drug-likeness (QED) is 0.673. The molecule has 1 aliphatic rings. The van der Waals surface area contributed by atoms with E-state index in [1.54, 1.807) is 0 Å². The molecule has 1 rings (SSSR count). The summed E-state index contributed by atoms with van der Waals surface area (Å²) in [5, 5.41) is 9.16. The van der Waals surface area contributed by atoms with Crippen molar-refractivity contribution in [3.05, 3.63) is 0 Å². The lowest BCUT2D eigenvalue weighted by molar-refractivity contribution is 0.134. The van der Waals surface area contributed by atoms with Gasteiger partial charge < -0.3 is 14.9 Å². The monoisotopic (exact) mass is 186 g/mol. The molecule has 0 aromatic rings. The topological polar surface area (TPSA) is 26.7 Å². The molecule has 1 fully saturated rings. The van der Waals surface area contributed by atoms with E-state index in [-0.39, 0.29) is 6.10 Å². The highest BCUT2D eigenvalue weighted by Gasteiger charge is 2.11. The van der Waals surface area contributed by atoms with Crippen LogP contribution in [0.4, 0.5) is 0 Å². The number of nitrogens with zero attached hydrogens (tertiary/aromatic N) is 2. The third-order valence-electron chi connectivity index (χ3n) is 2.57. The van der Waals surface area contributed by atoms with E-state index < -0.39 is 0 Å². The minimum atomic E-state index is -0.205. The lowest BCUT2D eigenvalue weighted by atomic mass is 10.3. The highest BCUT2D eigenvalue weighted by atomic mass is 16.3. The molecule has 1 heterocycles. The van der Waals surface area contributed by atoms with E-state index in [0.29, 0.717) is 0 Å². The van der Waals surface area contributed by atoms with Gasteiger partial charge in [-0.15, -0.1) is 0 Å². The van der Waals surface area contributed by atoms with Gasteiger partial charge in [0.15, 0.2) is 0 Å². The minimum absolute atomic E-state index is 0.205. The first kappa shape index (κ1) is 11.0. The maximum atomic E-state index is 9.16. The molecule has 0 amide bonds. The van der Waals surface area contributed by atoms with E-state index in [1.165, 1.54) is 25.9 Å². The van der Waals surface area contributed by atoms with Gasteiger partial charge in [0.05, 0.1) is 6.10 Å². The summed E-state index contributed by atoms with van der Waals surface area (Å²) >= 11 is 0. The number of aliphatic hydroxyl groups is 1. The summed E-state index contributed by atoms with van der Waals surface area (Å²) < 4.78 is 0. The van der Waals surface area contributed by atoms with Crippen molar-refractivity contribution in [2.75, 3.05) is 39.8 Å². The highest BCUT2D eigenvalue weighted by Crippen LogP contribution is 2.06. The Kier molecular flexibility index (Phi) is 4.70. The Morgan fingerprint density at radius 3 is 2.54 bits per heavy atom. The van der Waals surface area contributed by atoms with E-state index >= 15 is 0 Å². The number of aliphatic hydroxyl groups excluding tert-OH is 1. The predicted molar refractivity (Wildman–Crippen MR) is 54.9 cm³/mol. The number of hydrogen-bond acceptors (Lipinski definition) is 3. The van der Waals surface area contributed by atoms with Gasteiger partial charge in [0.2, 0.25) is 0 Å². The van der Waals surface area contributed by atoms with E-state index in [9.17, 15) is 0 Å². The minimum Gasteiger partial charge on any atom is -0.392 e. The molecular formula is C10H22N2O. The third-order valence-corrected chi connectivity index (χ3v) is 2.57. The van der Waals surface area contributed by atoms with Gasteiger partial charge in [0.1, 0.15) is 0 Å². The Balaban J connectivity index is 2.03. The maximum Gasteiger partial charge on any atom is 0.0638 e. The Morgan fingerprint density at radius 1 is 1.38 bits per heavy atom. The van der Waals surface area contributed by atoms with Crippen molar-refractivity contribution in [1.29, 1.82) is 0 Å². The van der Waals surface area contributed by atoms with Crippen LogP contribution in [-0.4, -0.2) is 60.8 Å². The Hall–Kier alpha value is -0.120. The standard InChI is InChI=1S/C10H22N2O/c1-10(13)9-11(2)7-8-12-5-3-4-6-12/h10,13H,3-9H2,1-2H3/t10-/m1/s1. The first-order valence-electron chi connectivity index (χ1n) is 5.27. The molecule has 0 aromatic carbocycles. The Labute approximate surface area is 81.3 Å². The zero-order valence-electron chi connectivity index (χ0n) is 8.87. The molecule has 0 bridgehead atoms. The average molecular weight is 186 g/mol. The molecule has 0 radical (unpaired) electrons. The smallest absolute Gasteiger partial charge is 0.0638 e. The van der Waals surface area contributed by atoms with Gasteiger partial charge in [-0.1, -0.05) is 0 Å². The second-order valence-corrected chi connectivity index (χ2v) is 4.16. The Bertz CT molecular complexity index is 133. The van der Waals surface area contributed by atoms with Gasteiger partial charge in [-0.25, -0.2) is 0 Å². The SMILES string of the molecule is C[C@@H](O)CN(C)CCN1CCCC1. The number of rotatable bonds is 5. The van der Waals surface area contributed by atoms with Gasteiger partial charge in [-0.2, -0.15) is 0 Å². The van der Waals surface area contributed by atoms with Crippen LogP contribution in [0, 0.1) is 0 Å². The van der Waals surface area contributed by atoms with Crippen LogP contribution in [0.15, 0.2) is 0 Å². The van der Waals surface area contributed by atoms with Crippen molar-refractivity contribution in [3.63, 3.8) is 0 Å². The molecule has 1 saturated heterocycles. The molecule has 1 atom stereocenters. The van der Waals surface area contributed by atoms with Gasteiger partial charge in [-0.3, -0.25) is 0 Å². The summed E-state index contributed by atoms with van der Waals surface area (Å²) in [6.07, 6.45) is 2.52. The second-order valence-electron chi connectivity index (χ2n) is 4.16. The zero-order valence-corrected chi connectivity index (χ0v) is 8.87. The summed E-state index contributed by atoms with van der Waals surface area (Å²) in [4.78, 5) is 4.70. The fourth-order valence-corrected chi connectivity index (χ4v) is 1.86. The summed E-state index contributed by atoms with van der Waals surface area (Å²) in [5.74, 6) is 0. The van der Waals surface area contributed by atoms with Crippen LogP contribution in [-0.2, 0) is 0 Å². The van der Waals surface area contributed by atoms with Crippen molar-refractivity contribution in [2.24, 2.45) is 0 Å². The normalized spacial score (nSPS) is 21.2. The lowest BCUT2D eigenvalue weighted by Crippen LogP contribution is -2.34. The third kappa shape index (κ3) is 4.60. The fourth-order valence-electron chi connectivity index (χ4n) is 1.86. The summed E-state index contributed by atoms with van der Waals surface area (Å²) in [7, 11) is 2.07. The van der Waals surface area contributed by atoms with E-state index in [1.807, 2.05) is 6.92 Å². The molecular weight excluding hydrogens is 164 g/mol. The van der Waals surface area contributed by atoms with Crippen LogP contribution in [0.25, 0.3) is 0 Å². The molecule has 0 unspecified atom stereocenters. The number of likely N-dealkylation sites (N-methyl/N-ethyl adjacent to an activating group) is 1. The van der Waals surface area contributed by atoms with E-state index in [4.69, 9.17) is 5.11 Å². The average Bonchev–Trinajstić information content (AvgIpc) is 2.51. The van der Waals surface area contributed by atoms with Gasteiger partial charge in [-0.05, 0) is 39.9 Å². The number of hydrogen-bond donors (Lipinski definition) is 1. The van der Waals surface area contributed by atoms with Crippen molar-refractivity contribution in [1.82, 2.24) is 9.80 Å². The molecule has 3 heteroatoms. The summed E-state index contributed by atoms with van der Waals surface area (Å²) in [5.41, 5.74) is 0. The van der Waals surface area contributed by atoms with Crippen LogP contribution in [0.1, 0.15) is 19.8 Å². The van der Waals surface area contributed by atoms with E-state index in [0.717, 1.165) is 19.6 Å². The zero-order chi connectivity index (χ0) is 9.68. The van der Waals surface area contributed by atoms with Crippen molar-refractivity contribution >= 4 is 0 Å². The maximum absolute atomic E-state index is 9.16. The first-order valence-corrected chi connectivity index (χ1v) is 5.27. The van der Waals surface area contributed by atoms with Crippen LogP contribution in [0.3, 0.4) is 0 Å². The Morgan fingerprint density at radius 2 is 2.00 bits per heavy atom. The van der Waals surface area contributed by atoms with E-state index in [2.05, 4.69) is 16.8 Å². The molecule has 78 valence electrons. The van der Waals surface area contributed by atoms with Crippen LogP contribution < -0.4 is 0 Å². The highest BCUT2D eigenvalue weighted by molar-refractivity contribution is 4.67. The van der Waals surface area contributed by atoms with Crippen molar-refractivity contribution in [2.45, 2.75) is 25.9 Å². The molecule has 0 aromatic heterocycles. The molecule has 0 spiro atoms. The molecule has 1 aliphatic heterocycles. The lowest BCUT2D eigenvalue weighted by Gasteiger charge is -2.22. The van der Waals surface area contributed by atoms with Crippen molar-refractivity contribution < 1.29 is 5.11 Å². The first-order chi connectivity index (χ1) is 6.18. The summed E-state index contributed by atoms with van der Waals surface area (Å²) in [6.45, 7) is 7.39. The summed E-state index contributed by atoms with van der Waals surface area (Å²) in [6, 6.07) is 0. The largest absolute Gasteiger partial charge is 0.392 e. The number of likely N-dealkylation sites (tertiary alicyclic amines) is 1. The van der Waals surface area contributed by atoms with Crippen molar-refractivity contribution in [3.8, 4) is 0 Å². The van der Waals surface area contributed by atoms with Crippen LogP contribution in [0.2, 0.25) is 0 Å². The predicted octanol–water partition coefficient (Wildman–Crippen LogP) is 0.395. The van der Waals surface area contributed by atoms with Crippen LogP contribution in [0.5, 0.6) is 0 Å². The van der Waals surface area contributed by atoms with Gasteiger partial charge >= 0.3 is 0 Å². The molecule has 3 nitrogen and oxygen atoms in total. The van der Waals surface area contributed by atoms with Gasteiger partial charge in [0, 0.05) is 19.6 Å². The molecule has 0 saturated carbocycles. The fraction of sp³-hybridized carbons (Fsp3) is 1.00. The molecule has 0 aliphatic carbocycles. The van der Waals surface area contributed by atoms with Gasteiger partial charge in [0.25, 0.3) is 0 Å². The second kappa shape index (κ2) is 5.58. The van der Waals surface area contributed by atoms with Crippen LogP contribution >= 0.6 is 0 Å². The molecule has 13 heavy (non-hydrogen) atoms.